The molecule has 0 saturated carbocycles. The first-order chi connectivity index (χ1) is 7.69. The lowest BCUT2D eigenvalue weighted by atomic mass is 10.2. The molecule has 2 atom stereocenters. The normalized spacial score (nSPS) is 12.6. The number of nitrogens with two attached hydrogens (primary N) is 1. The molecule has 104 valence electrons. The largest absolute Gasteiger partial charge is 0.370 e. The SMILES string of the molecule is COC(CN)C(=O)NC(C)c1ccccn1.Cl.Cl. The number of aromatic nitrogens is 1. The summed E-state index contributed by atoms with van der Waals surface area (Å²) in [5, 5.41) is 2.79. The molecule has 1 aromatic heterocycles. The average molecular weight is 296 g/mol. The number of pyridine rings is 1. The fourth-order valence-electron chi connectivity index (χ4n) is 1.32. The number of rotatable bonds is 5. The van der Waals surface area contributed by atoms with Gasteiger partial charge in [0.15, 0.2) is 0 Å². The third-order valence-electron chi connectivity index (χ3n) is 2.28. The Kier molecular flexibility index (Phi) is 10.9. The fourth-order valence-corrected chi connectivity index (χ4v) is 1.32. The number of methoxy groups -OCH3 is 1. The molecule has 1 amide bonds. The molecule has 0 aliphatic carbocycles. The summed E-state index contributed by atoms with van der Waals surface area (Å²) in [5.74, 6) is -0.219. The molecule has 0 saturated heterocycles. The lowest BCUT2D eigenvalue weighted by molar-refractivity contribution is -0.131. The lowest BCUT2D eigenvalue weighted by Crippen LogP contribution is -2.41. The van der Waals surface area contributed by atoms with Crippen molar-refractivity contribution in [1.29, 1.82) is 0 Å². The van der Waals surface area contributed by atoms with Crippen LogP contribution in [0.4, 0.5) is 0 Å². The monoisotopic (exact) mass is 295 g/mol. The molecule has 0 aromatic carbocycles. The van der Waals surface area contributed by atoms with Crippen molar-refractivity contribution >= 4 is 30.7 Å². The van der Waals surface area contributed by atoms with Crippen LogP contribution in [0.2, 0.25) is 0 Å². The van der Waals surface area contributed by atoms with Gasteiger partial charge in [-0.3, -0.25) is 9.78 Å². The van der Waals surface area contributed by atoms with Crippen LogP contribution in [0.5, 0.6) is 0 Å². The van der Waals surface area contributed by atoms with Crippen molar-refractivity contribution in [3.63, 3.8) is 0 Å². The van der Waals surface area contributed by atoms with Gasteiger partial charge in [0.1, 0.15) is 6.10 Å². The summed E-state index contributed by atoms with van der Waals surface area (Å²) in [6, 6.07) is 5.41. The van der Waals surface area contributed by atoms with Crippen LogP contribution in [-0.4, -0.2) is 30.6 Å². The van der Waals surface area contributed by atoms with Gasteiger partial charge < -0.3 is 15.8 Å². The molecule has 0 aliphatic heterocycles. The van der Waals surface area contributed by atoms with Crippen molar-refractivity contribution in [2.24, 2.45) is 5.73 Å². The minimum absolute atomic E-state index is 0. The molecule has 0 radical (unpaired) electrons. The molecule has 1 heterocycles. The summed E-state index contributed by atoms with van der Waals surface area (Å²) >= 11 is 0. The van der Waals surface area contributed by atoms with Gasteiger partial charge in [-0.25, -0.2) is 0 Å². The van der Waals surface area contributed by atoms with Crippen LogP contribution in [-0.2, 0) is 9.53 Å². The van der Waals surface area contributed by atoms with Crippen LogP contribution < -0.4 is 11.1 Å². The van der Waals surface area contributed by atoms with Gasteiger partial charge in [0, 0.05) is 19.9 Å². The Bertz CT molecular complexity index is 334. The molecular weight excluding hydrogens is 277 g/mol. The van der Waals surface area contributed by atoms with E-state index in [1.54, 1.807) is 6.20 Å². The molecule has 5 nitrogen and oxygen atoms in total. The highest BCUT2D eigenvalue weighted by atomic mass is 35.5. The number of nitrogens with one attached hydrogen (secondary N) is 1. The molecule has 0 aliphatic rings. The molecule has 1 rings (SSSR count). The van der Waals surface area contributed by atoms with Crippen LogP contribution in [0, 0.1) is 0 Å². The highest BCUT2D eigenvalue weighted by molar-refractivity contribution is 5.85. The van der Waals surface area contributed by atoms with E-state index in [2.05, 4.69) is 10.3 Å². The highest BCUT2D eigenvalue weighted by Crippen LogP contribution is 2.08. The maximum Gasteiger partial charge on any atom is 0.250 e. The second-order valence-corrected chi connectivity index (χ2v) is 3.44. The molecule has 2 unspecified atom stereocenters. The van der Waals surface area contributed by atoms with Crippen molar-refractivity contribution in [2.75, 3.05) is 13.7 Å². The number of nitrogens with zero attached hydrogens (tertiary/aromatic N) is 1. The highest BCUT2D eigenvalue weighted by Gasteiger charge is 2.18. The van der Waals surface area contributed by atoms with Crippen molar-refractivity contribution in [1.82, 2.24) is 10.3 Å². The minimum Gasteiger partial charge on any atom is -0.370 e. The van der Waals surface area contributed by atoms with E-state index in [0.29, 0.717) is 0 Å². The lowest BCUT2D eigenvalue weighted by Gasteiger charge is -2.17. The van der Waals surface area contributed by atoms with E-state index in [9.17, 15) is 4.79 Å². The third kappa shape index (κ3) is 5.64. The van der Waals surface area contributed by atoms with Crippen LogP contribution in [0.1, 0.15) is 18.7 Å². The van der Waals surface area contributed by atoms with Crippen molar-refractivity contribution in [3.8, 4) is 0 Å². The summed E-state index contributed by atoms with van der Waals surface area (Å²) < 4.78 is 4.94. The minimum atomic E-state index is -0.605. The molecule has 18 heavy (non-hydrogen) atoms. The van der Waals surface area contributed by atoms with E-state index in [1.165, 1.54) is 7.11 Å². The second-order valence-electron chi connectivity index (χ2n) is 3.44. The van der Waals surface area contributed by atoms with Gasteiger partial charge in [-0.2, -0.15) is 0 Å². The zero-order chi connectivity index (χ0) is 12.0. The van der Waals surface area contributed by atoms with Crippen LogP contribution in [0.15, 0.2) is 24.4 Å². The zero-order valence-electron chi connectivity index (χ0n) is 10.3. The van der Waals surface area contributed by atoms with Gasteiger partial charge in [-0.1, -0.05) is 6.07 Å². The van der Waals surface area contributed by atoms with Crippen molar-refractivity contribution in [2.45, 2.75) is 19.1 Å². The van der Waals surface area contributed by atoms with Crippen molar-refractivity contribution in [3.05, 3.63) is 30.1 Å². The Hall–Kier alpha value is -0.880. The second kappa shape index (κ2) is 10.1. The summed E-state index contributed by atoms with van der Waals surface area (Å²) in [5.41, 5.74) is 6.21. The molecule has 0 bridgehead atoms. The van der Waals surface area contributed by atoms with Gasteiger partial charge >= 0.3 is 0 Å². The fraction of sp³-hybridized carbons (Fsp3) is 0.455. The molecular formula is C11H19Cl2N3O2. The Morgan fingerprint density at radius 2 is 2.17 bits per heavy atom. The van der Waals surface area contributed by atoms with E-state index < -0.39 is 6.10 Å². The smallest absolute Gasteiger partial charge is 0.250 e. The number of hydrogen-bond donors (Lipinski definition) is 2. The Labute approximate surface area is 119 Å². The average Bonchev–Trinajstić information content (AvgIpc) is 2.31. The van der Waals surface area contributed by atoms with Crippen LogP contribution in [0.25, 0.3) is 0 Å². The predicted octanol–water partition coefficient (Wildman–Crippen LogP) is 1.08. The van der Waals surface area contributed by atoms with Crippen molar-refractivity contribution < 1.29 is 9.53 Å². The standard InChI is InChI=1S/C11H17N3O2.2ClH/c1-8(9-5-3-4-6-13-9)14-11(15)10(7-12)16-2;;/h3-6,8,10H,7,12H2,1-2H3,(H,14,15);2*1H. The van der Waals surface area contributed by atoms with Crippen LogP contribution >= 0.6 is 24.8 Å². The maximum absolute atomic E-state index is 11.6. The first-order valence-electron chi connectivity index (χ1n) is 5.13. The van der Waals surface area contributed by atoms with Crippen LogP contribution in [0.3, 0.4) is 0 Å². The van der Waals surface area contributed by atoms with E-state index in [0.717, 1.165) is 5.69 Å². The van der Waals surface area contributed by atoms with Gasteiger partial charge in [-0.15, -0.1) is 24.8 Å². The summed E-state index contributed by atoms with van der Waals surface area (Å²) in [4.78, 5) is 15.8. The first kappa shape index (κ1) is 19.5. The number of halogens is 2. The van der Waals surface area contributed by atoms with E-state index in [1.807, 2.05) is 25.1 Å². The number of ether oxygens (including phenoxy) is 1. The molecule has 0 fully saturated rings. The Balaban J connectivity index is 0. The third-order valence-corrected chi connectivity index (χ3v) is 2.28. The molecule has 1 aromatic rings. The first-order valence-corrected chi connectivity index (χ1v) is 5.13. The Morgan fingerprint density at radius 1 is 1.50 bits per heavy atom. The van der Waals surface area contributed by atoms with Gasteiger partial charge in [0.2, 0.25) is 0 Å². The predicted molar refractivity (Wildman–Crippen MR) is 75.1 cm³/mol. The van der Waals surface area contributed by atoms with Gasteiger partial charge in [0.05, 0.1) is 11.7 Å². The van der Waals surface area contributed by atoms with Gasteiger partial charge in [-0.05, 0) is 19.1 Å². The Morgan fingerprint density at radius 3 is 2.61 bits per heavy atom. The van der Waals surface area contributed by atoms with E-state index in [4.69, 9.17) is 10.5 Å². The molecule has 3 N–H and O–H groups in total. The van der Waals surface area contributed by atoms with Gasteiger partial charge in [0.25, 0.3) is 5.91 Å². The number of carbonyl (C=O) groups is 1. The van der Waals surface area contributed by atoms with E-state index >= 15 is 0 Å². The number of carbonyl (C=O) groups excluding carboxylic acids is 1. The molecule has 7 heteroatoms. The maximum atomic E-state index is 11.6. The number of amides is 1. The topological polar surface area (TPSA) is 77.2 Å². The number of hydrogen-bond acceptors (Lipinski definition) is 4. The summed E-state index contributed by atoms with van der Waals surface area (Å²) in [7, 11) is 1.46. The quantitative estimate of drug-likeness (QED) is 0.852. The zero-order valence-corrected chi connectivity index (χ0v) is 12.0. The van der Waals surface area contributed by atoms with E-state index in [-0.39, 0.29) is 43.3 Å². The summed E-state index contributed by atoms with van der Waals surface area (Å²) in [6.45, 7) is 2.03. The molecule has 0 spiro atoms. The summed E-state index contributed by atoms with van der Waals surface area (Å²) in [6.07, 6.45) is 1.08.